The van der Waals surface area contributed by atoms with Crippen LogP contribution in [0.25, 0.3) is 0 Å². The lowest BCUT2D eigenvalue weighted by molar-refractivity contribution is 0.0946. The van der Waals surface area contributed by atoms with Crippen molar-refractivity contribution >= 4 is 38.1 Å². The minimum absolute atomic E-state index is 0.0173. The first-order valence-electron chi connectivity index (χ1n) is 13.2. The Morgan fingerprint density at radius 1 is 1.05 bits per heavy atom. The van der Waals surface area contributed by atoms with Gasteiger partial charge in [0.15, 0.2) is 5.78 Å². The van der Waals surface area contributed by atoms with E-state index in [1.165, 1.54) is 15.2 Å². The third-order valence-electron chi connectivity index (χ3n) is 6.98. The number of hydrogen-bond donors (Lipinski definition) is 2. The van der Waals surface area contributed by atoms with E-state index in [0.29, 0.717) is 42.4 Å². The number of methoxy groups -OCH3 is 1. The van der Waals surface area contributed by atoms with Crippen molar-refractivity contribution in [3.05, 3.63) is 45.8 Å². The standard InChI is InChI=1S/C27H37N3O5S2/c1-35-17-9-14-28-26(32)25-22-12-4-5-13-24(22)36-27(25)29-19-23(31)20-10-8-11-21(18-20)37(33,34)30-15-6-2-3-7-16-30/h8,10-11,18,29H,2-7,9,12-17,19H2,1H3,(H,28,32). The molecule has 0 saturated carbocycles. The van der Waals surface area contributed by atoms with Crippen LogP contribution in [-0.4, -0.2) is 64.3 Å². The summed E-state index contributed by atoms with van der Waals surface area (Å²) in [5.41, 5.74) is 2.07. The Morgan fingerprint density at radius 3 is 2.57 bits per heavy atom. The van der Waals surface area contributed by atoms with Crippen molar-refractivity contribution < 1.29 is 22.7 Å². The maximum atomic E-state index is 13.2. The Kier molecular flexibility index (Phi) is 9.75. The molecule has 1 amide bonds. The number of ether oxygens (including phenoxy) is 1. The normalized spacial score (nSPS) is 16.6. The molecule has 8 nitrogen and oxygen atoms in total. The number of Topliss-reactive ketones (excluding diaryl/α,β-unsaturated/α-hetero) is 1. The number of amides is 1. The molecule has 2 N–H and O–H groups in total. The summed E-state index contributed by atoms with van der Waals surface area (Å²) in [5.74, 6) is -0.346. The second-order valence-corrected chi connectivity index (χ2v) is 12.7. The number of ketones is 1. The van der Waals surface area contributed by atoms with E-state index in [2.05, 4.69) is 10.6 Å². The van der Waals surface area contributed by atoms with E-state index in [1.54, 1.807) is 36.6 Å². The highest BCUT2D eigenvalue weighted by Gasteiger charge is 2.27. The van der Waals surface area contributed by atoms with Gasteiger partial charge in [-0.15, -0.1) is 11.3 Å². The summed E-state index contributed by atoms with van der Waals surface area (Å²) < 4.78 is 33.0. The van der Waals surface area contributed by atoms with Gasteiger partial charge in [0, 0.05) is 43.8 Å². The summed E-state index contributed by atoms with van der Waals surface area (Å²) in [6.45, 7) is 2.11. The number of carbonyl (C=O) groups excluding carboxylic acids is 2. The smallest absolute Gasteiger partial charge is 0.254 e. The molecule has 4 rings (SSSR count). The molecule has 1 fully saturated rings. The predicted molar refractivity (Wildman–Crippen MR) is 146 cm³/mol. The molecule has 2 heterocycles. The SMILES string of the molecule is COCCCNC(=O)c1c(NCC(=O)c2cccc(S(=O)(=O)N3CCCCCC3)c2)sc2c1CCCC2. The van der Waals surface area contributed by atoms with Crippen molar-refractivity contribution in [2.45, 2.75) is 62.7 Å². The molecule has 10 heteroatoms. The summed E-state index contributed by atoms with van der Waals surface area (Å²) >= 11 is 1.55. The molecule has 0 bridgehead atoms. The lowest BCUT2D eigenvalue weighted by Crippen LogP contribution is -2.32. The van der Waals surface area contributed by atoms with Gasteiger partial charge in [0.05, 0.1) is 17.0 Å². The molecule has 37 heavy (non-hydrogen) atoms. The molecule has 2 aliphatic rings. The highest BCUT2D eigenvalue weighted by Crippen LogP contribution is 2.38. The highest BCUT2D eigenvalue weighted by atomic mass is 32.2. The van der Waals surface area contributed by atoms with Gasteiger partial charge >= 0.3 is 0 Å². The van der Waals surface area contributed by atoms with E-state index >= 15 is 0 Å². The minimum Gasteiger partial charge on any atom is -0.385 e. The molecule has 2 aromatic rings. The zero-order chi connectivity index (χ0) is 26.3. The Bertz CT molecular complexity index is 1200. The minimum atomic E-state index is -3.64. The monoisotopic (exact) mass is 547 g/mol. The number of aryl methyl sites for hydroxylation is 1. The van der Waals surface area contributed by atoms with Gasteiger partial charge in [-0.2, -0.15) is 4.31 Å². The van der Waals surface area contributed by atoms with E-state index in [9.17, 15) is 18.0 Å². The molecule has 1 saturated heterocycles. The van der Waals surface area contributed by atoms with Crippen LogP contribution < -0.4 is 10.6 Å². The summed E-state index contributed by atoms with van der Waals surface area (Å²) in [6.07, 6.45) is 8.46. The predicted octanol–water partition coefficient (Wildman–Crippen LogP) is 4.25. The number of rotatable bonds is 11. The van der Waals surface area contributed by atoms with Crippen LogP contribution in [0.1, 0.15) is 76.1 Å². The van der Waals surface area contributed by atoms with Gasteiger partial charge in [0.2, 0.25) is 10.0 Å². The molecule has 202 valence electrons. The first kappa shape index (κ1) is 27.8. The van der Waals surface area contributed by atoms with E-state index in [1.807, 2.05) is 0 Å². The number of anilines is 1. The molecular weight excluding hydrogens is 510 g/mol. The number of benzene rings is 1. The second-order valence-electron chi connectivity index (χ2n) is 9.64. The average molecular weight is 548 g/mol. The molecule has 1 aliphatic carbocycles. The number of carbonyl (C=O) groups is 2. The summed E-state index contributed by atoms with van der Waals surface area (Å²) in [6, 6.07) is 6.31. The Balaban J connectivity index is 1.47. The number of sulfonamides is 1. The van der Waals surface area contributed by atoms with Crippen LogP contribution in [0, 0.1) is 0 Å². The highest BCUT2D eigenvalue weighted by molar-refractivity contribution is 7.89. The third-order valence-corrected chi connectivity index (χ3v) is 10.1. The molecule has 1 aromatic carbocycles. The fraction of sp³-hybridized carbons (Fsp3) is 0.556. The summed E-state index contributed by atoms with van der Waals surface area (Å²) in [4.78, 5) is 27.5. The first-order valence-corrected chi connectivity index (χ1v) is 15.5. The number of fused-ring (bicyclic) bond motifs is 1. The van der Waals surface area contributed by atoms with Crippen LogP contribution in [0.4, 0.5) is 5.00 Å². The second kappa shape index (κ2) is 13.0. The van der Waals surface area contributed by atoms with Crippen LogP contribution in [0.15, 0.2) is 29.2 Å². The lowest BCUT2D eigenvalue weighted by atomic mass is 9.95. The van der Waals surface area contributed by atoms with Crippen molar-refractivity contribution in [2.24, 2.45) is 0 Å². The topological polar surface area (TPSA) is 105 Å². The van der Waals surface area contributed by atoms with Crippen molar-refractivity contribution in [3.8, 4) is 0 Å². The number of hydrogen-bond acceptors (Lipinski definition) is 7. The Hall–Kier alpha value is -2.27. The van der Waals surface area contributed by atoms with E-state index in [4.69, 9.17) is 4.74 Å². The maximum absolute atomic E-state index is 13.2. The fourth-order valence-electron chi connectivity index (χ4n) is 4.96. The Labute approximate surface area is 223 Å². The van der Waals surface area contributed by atoms with Gasteiger partial charge in [-0.1, -0.05) is 25.0 Å². The molecule has 1 aromatic heterocycles. The average Bonchev–Trinajstić information content (AvgIpc) is 3.06. The zero-order valence-electron chi connectivity index (χ0n) is 21.5. The number of nitrogens with zero attached hydrogens (tertiary/aromatic N) is 1. The lowest BCUT2D eigenvalue weighted by Gasteiger charge is -2.20. The summed E-state index contributed by atoms with van der Waals surface area (Å²) in [7, 11) is -2.01. The van der Waals surface area contributed by atoms with Crippen LogP contribution in [0.2, 0.25) is 0 Å². The van der Waals surface area contributed by atoms with Crippen molar-refractivity contribution in [3.63, 3.8) is 0 Å². The van der Waals surface area contributed by atoms with Gasteiger partial charge in [0.1, 0.15) is 5.00 Å². The van der Waals surface area contributed by atoms with Gasteiger partial charge in [-0.25, -0.2) is 8.42 Å². The van der Waals surface area contributed by atoms with Gasteiger partial charge < -0.3 is 15.4 Å². The van der Waals surface area contributed by atoms with Crippen LogP contribution >= 0.6 is 11.3 Å². The van der Waals surface area contributed by atoms with Crippen molar-refractivity contribution in [1.29, 1.82) is 0 Å². The van der Waals surface area contributed by atoms with Gasteiger partial charge in [-0.05, 0) is 62.6 Å². The first-order chi connectivity index (χ1) is 17.9. The van der Waals surface area contributed by atoms with E-state index < -0.39 is 10.0 Å². The van der Waals surface area contributed by atoms with Crippen molar-refractivity contribution in [2.75, 3.05) is 45.2 Å². The summed E-state index contributed by atoms with van der Waals surface area (Å²) in [5, 5.41) is 6.89. The largest absolute Gasteiger partial charge is 0.385 e. The molecular formula is C27H37N3O5S2. The number of thiophene rings is 1. The molecule has 0 spiro atoms. The van der Waals surface area contributed by atoms with Gasteiger partial charge in [0.25, 0.3) is 5.91 Å². The quantitative estimate of drug-likeness (QED) is 0.322. The molecule has 1 aliphatic heterocycles. The molecule has 0 unspecified atom stereocenters. The molecule has 0 atom stereocenters. The third kappa shape index (κ3) is 6.79. The van der Waals surface area contributed by atoms with E-state index in [0.717, 1.165) is 63.4 Å². The van der Waals surface area contributed by atoms with Gasteiger partial charge in [-0.3, -0.25) is 9.59 Å². The fourth-order valence-corrected chi connectivity index (χ4v) is 7.81. The van der Waals surface area contributed by atoms with Crippen LogP contribution in [0.5, 0.6) is 0 Å². The zero-order valence-corrected chi connectivity index (χ0v) is 23.1. The van der Waals surface area contributed by atoms with Crippen molar-refractivity contribution in [1.82, 2.24) is 9.62 Å². The maximum Gasteiger partial charge on any atom is 0.254 e. The van der Waals surface area contributed by atoms with Crippen LogP contribution in [0.3, 0.4) is 0 Å². The van der Waals surface area contributed by atoms with Crippen LogP contribution in [-0.2, 0) is 27.6 Å². The van der Waals surface area contributed by atoms with E-state index in [-0.39, 0.29) is 23.1 Å². The number of nitrogens with one attached hydrogen (secondary N) is 2. The Morgan fingerprint density at radius 2 is 1.81 bits per heavy atom. The molecule has 0 radical (unpaired) electrons.